The van der Waals surface area contributed by atoms with Gasteiger partial charge in [0, 0.05) is 17.1 Å². The number of methoxy groups -OCH3 is 1. The van der Waals surface area contributed by atoms with Gasteiger partial charge in [0.25, 0.3) is 10.0 Å². The number of carbonyl (C=O) groups is 2. The molecule has 0 radical (unpaired) electrons. The van der Waals surface area contributed by atoms with Crippen LogP contribution in [0.4, 0.5) is 5.69 Å². The molecule has 0 saturated heterocycles. The number of hydrogen-bond donors (Lipinski definition) is 1. The number of rotatable bonds is 11. The van der Waals surface area contributed by atoms with E-state index in [9.17, 15) is 18.0 Å². The van der Waals surface area contributed by atoms with Gasteiger partial charge in [0.2, 0.25) is 11.8 Å². The highest BCUT2D eigenvalue weighted by Crippen LogP contribution is 2.32. The Kier molecular flexibility index (Phi) is 10.3. The Balaban J connectivity index is 1.70. The van der Waals surface area contributed by atoms with E-state index in [4.69, 9.17) is 16.3 Å². The number of nitrogens with one attached hydrogen (secondary N) is 1. The van der Waals surface area contributed by atoms with Crippen molar-refractivity contribution in [2.24, 2.45) is 0 Å². The largest absolute Gasteiger partial charge is 0.495 e. The highest BCUT2D eigenvalue weighted by atomic mass is 79.9. The molecule has 2 amide bonds. The van der Waals surface area contributed by atoms with E-state index in [0.717, 1.165) is 40.0 Å². The summed E-state index contributed by atoms with van der Waals surface area (Å²) in [5.74, 6) is -0.442. The summed E-state index contributed by atoms with van der Waals surface area (Å²) in [6, 6.07) is 19.1. The molecule has 1 aliphatic carbocycles. The Morgan fingerprint density at radius 2 is 1.76 bits per heavy atom. The Labute approximate surface area is 254 Å². The quantitative estimate of drug-likeness (QED) is 0.281. The number of benzene rings is 3. The van der Waals surface area contributed by atoms with Gasteiger partial charge in [-0.15, -0.1) is 0 Å². The highest BCUT2D eigenvalue weighted by molar-refractivity contribution is 9.10. The molecular formula is C30H33BrClN3O5S. The van der Waals surface area contributed by atoms with Gasteiger partial charge in [-0.1, -0.05) is 70.7 Å². The number of nitrogens with zero attached hydrogens (tertiary/aromatic N) is 2. The zero-order chi connectivity index (χ0) is 29.6. The van der Waals surface area contributed by atoms with Crippen LogP contribution in [-0.2, 0) is 26.2 Å². The Morgan fingerprint density at radius 1 is 1.05 bits per heavy atom. The van der Waals surface area contributed by atoms with Crippen LogP contribution in [0.25, 0.3) is 0 Å². The van der Waals surface area contributed by atoms with Gasteiger partial charge < -0.3 is 15.0 Å². The van der Waals surface area contributed by atoms with Crippen molar-refractivity contribution in [3.8, 4) is 5.75 Å². The summed E-state index contributed by atoms with van der Waals surface area (Å²) >= 11 is 9.83. The minimum atomic E-state index is -4.18. The Bertz CT molecular complexity index is 1480. The maximum atomic E-state index is 14.1. The van der Waals surface area contributed by atoms with Crippen LogP contribution >= 0.6 is 27.5 Å². The molecule has 1 fully saturated rings. The predicted molar refractivity (Wildman–Crippen MR) is 164 cm³/mol. The molecule has 0 spiro atoms. The average molecular weight is 663 g/mol. The zero-order valence-electron chi connectivity index (χ0n) is 22.9. The van der Waals surface area contributed by atoms with Crippen molar-refractivity contribution in [2.75, 3.05) is 18.0 Å². The van der Waals surface area contributed by atoms with Crippen molar-refractivity contribution in [1.82, 2.24) is 10.2 Å². The number of anilines is 1. The molecule has 3 aromatic carbocycles. The number of amides is 2. The number of ether oxygens (including phenoxy) is 1. The lowest BCUT2D eigenvalue weighted by atomic mass is 10.1. The second kappa shape index (κ2) is 13.7. The van der Waals surface area contributed by atoms with Gasteiger partial charge >= 0.3 is 0 Å². The van der Waals surface area contributed by atoms with E-state index in [1.54, 1.807) is 31.2 Å². The summed E-state index contributed by atoms with van der Waals surface area (Å²) in [6.07, 6.45) is 3.91. The fraction of sp³-hybridized carbons (Fsp3) is 0.333. The van der Waals surface area contributed by atoms with Crippen LogP contribution in [0.15, 0.2) is 82.2 Å². The Morgan fingerprint density at radius 3 is 2.39 bits per heavy atom. The van der Waals surface area contributed by atoms with E-state index in [1.165, 1.54) is 36.3 Å². The third-order valence-corrected chi connectivity index (χ3v) is 9.72. The van der Waals surface area contributed by atoms with Crippen LogP contribution in [0.2, 0.25) is 5.02 Å². The van der Waals surface area contributed by atoms with Crippen LogP contribution in [0, 0.1) is 0 Å². The molecule has 0 heterocycles. The predicted octanol–water partition coefficient (Wildman–Crippen LogP) is 5.78. The monoisotopic (exact) mass is 661 g/mol. The molecule has 1 saturated carbocycles. The normalized spacial score (nSPS) is 14.3. The lowest BCUT2D eigenvalue weighted by molar-refractivity contribution is -0.139. The molecule has 218 valence electrons. The van der Waals surface area contributed by atoms with Crippen LogP contribution in [0.3, 0.4) is 0 Å². The molecule has 0 unspecified atom stereocenters. The third-order valence-electron chi connectivity index (χ3n) is 7.14. The van der Waals surface area contributed by atoms with Crippen molar-refractivity contribution >= 4 is 55.1 Å². The molecule has 1 N–H and O–H groups in total. The molecule has 0 bridgehead atoms. The van der Waals surface area contributed by atoms with Crippen molar-refractivity contribution < 1.29 is 22.7 Å². The first-order valence-electron chi connectivity index (χ1n) is 13.4. The van der Waals surface area contributed by atoms with E-state index in [0.29, 0.717) is 5.75 Å². The molecule has 1 atom stereocenters. The molecule has 1 aliphatic rings. The van der Waals surface area contributed by atoms with Crippen molar-refractivity contribution in [2.45, 2.75) is 56.1 Å². The van der Waals surface area contributed by atoms with Crippen molar-refractivity contribution in [1.29, 1.82) is 0 Å². The fourth-order valence-corrected chi connectivity index (χ4v) is 6.99. The summed E-state index contributed by atoms with van der Waals surface area (Å²) in [5, 5.41) is 3.26. The van der Waals surface area contributed by atoms with Gasteiger partial charge in [0.05, 0.1) is 22.7 Å². The van der Waals surface area contributed by atoms with Gasteiger partial charge in [-0.2, -0.15) is 0 Å². The second-order valence-corrected chi connectivity index (χ2v) is 13.1. The molecule has 0 aromatic heterocycles. The van der Waals surface area contributed by atoms with Crippen molar-refractivity contribution in [3.05, 3.63) is 87.9 Å². The Hall–Kier alpha value is -3.08. The van der Waals surface area contributed by atoms with Crippen LogP contribution in [0.5, 0.6) is 5.75 Å². The van der Waals surface area contributed by atoms with Crippen LogP contribution in [-0.4, -0.2) is 50.9 Å². The molecule has 4 rings (SSSR count). The summed E-state index contributed by atoms with van der Waals surface area (Å²) in [7, 11) is -2.73. The molecule has 41 heavy (non-hydrogen) atoms. The van der Waals surface area contributed by atoms with Crippen LogP contribution in [0.1, 0.15) is 38.2 Å². The van der Waals surface area contributed by atoms with Gasteiger partial charge in [-0.05, 0) is 67.8 Å². The summed E-state index contributed by atoms with van der Waals surface area (Å²) in [6.45, 7) is 1.23. The van der Waals surface area contributed by atoms with Gasteiger partial charge in [0.1, 0.15) is 18.3 Å². The lowest BCUT2D eigenvalue weighted by Gasteiger charge is -2.32. The minimum Gasteiger partial charge on any atom is -0.495 e. The SMILES string of the molecule is COc1ccc(N(CC(=O)N(Cc2cccc(Br)c2)[C@@H](C)C(=O)NC2CCCC2)S(=O)(=O)c2ccccc2)cc1Cl. The van der Waals surface area contributed by atoms with E-state index < -0.39 is 28.5 Å². The molecule has 0 aliphatic heterocycles. The number of carbonyl (C=O) groups excluding carboxylic acids is 2. The van der Waals surface area contributed by atoms with E-state index in [-0.39, 0.29) is 34.1 Å². The molecule has 8 nitrogen and oxygen atoms in total. The van der Waals surface area contributed by atoms with E-state index in [2.05, 4.69) is 21.2 Å². The lowest BCUT2D eigenvalue weighted by Crippen LogP contribution is -2.52. The number of halogens is 2. The number of sulfonamides is 1. The van der Waals surface area contributed by atoms with Gasteiger partial charge in [0.15, 0.2) is 0 Å². The first kappa shape index (κ1) is 30.9. The average Bonchev–Trinajstić information content (AvgIpc) is 3.47. The summed E-state index contributed by atoms with van der Waals surface area (Å²) < 4.78 is 34.9. The standard InChI is InChI=1S/C30H33BrClN3O5S/c1-21(30(37)33-24-11-6-7-12-24)34(19-22-9-8-10-23(31)17-22)29(36)20-35(25-15-16-28(40-2)27(32)18-25)41(38,39)26-13-4-3-5-14-26/h3-5,8-10,13-18,21,24H,6-7,11-12,19-20H2,1-2H3,(H,33,37)/t21-/m0/s1. The second-order valence-electron chi connectivity index (χ2n) is 9.96. The molecule has 11 heteroatoms. The summed E-state index contributed by atoms with van der Waals surface area (Å²) in [4.78, 5) is 28.8. The zero-order valence-corrected chi connectivity index (χ0v) is 26.1. The van der Waals surface area contributed by atoms with Crippen molar-refractivity contribution in [3.63, 3.8) is 0 Å². The smallest absolute Gasteiger partial charge is 0.264 e. The molecular weight excluding hydrogens is 630 g/mol. The van der Waals surface area contributed by atoms with Crippen LogP contribution < -0.4 is 14.4 Å². The topological polar surface area (TPSA) is 96.0 Å². The first-order chi connectivity index (χ1) is 19.6. The van der Waals surface area contributed by atoms with E-state index in [1.807, 2.05) is 24.3 Å². The van der Waals surface area contributed by atoms with Gasteiger partial charge in [-0.25, -0.2) is 8.42 Å². The summed E-state index contributed by atoms with van der Waals surface area (Å²) in [5.41, 5.74) is 0.983. The minimum absolute atomic E-state index is 0.0188. The third kappa shape index (κ3) is 7.61. The molecule has 3 aromatic rings. The van der Waals surface area contributed by atoms with E-state index >= 15 is 0 Å². The fourth-order valence-electron chi connectivity index (χ4n) is 4.87. The highest BCUT2D eigenvalue weighted by Gasteiger charge is 2.33. The van der Waals surface area contributed by atoms with Gasteiger partial charge in [-0.3, -0.25) is 13.9 Å². The number of hydrogen-bond acceptors (Lipinski definition) is 5. The maximum absolute atomic E-state index is 14.1. The first-order valence-corrected chi connectivity index (χ1v) is 16.0. The maximum Gasteiger partial charge on any atom is 0.264 e.